The van der Waals surface area contributed by atoms with Gasteiger partial charge in [0.05, 0.1) is 11.0 Å². The van der Waals surface area contributed by atoms with E-state index in [1.54, 1.807) is 6.92 Å². The number of aryl methyl sites for hydroxylation is 1. The van der Waals surface area contributed by atoms with Crippen molar-refractivity contribution in [3.8, 4) is 0 Å². The first-order chi connectivity index (χ1) is 5.09. The largest absolute Gasteiger partial charge is 0.272 e. The van der Waals surface area contributed by atoms with Crippen LogP contribution in [0, 0.1) is 28.9 Å². The van der Waals surface area contributed by atoms with Crippen molar-refractivity contribution in [2.24, 2.45) is 0 Å². The number of rotatable bonds is 1. The maximum absolute atomic E-state index is 12.4. The van der Waals surface area contributed by atoms with E-state index in [4.69, 9.17) is 0 Å². The number of halogens is 1. The van der Waals surface area contributed by atoms with E-state index in [-0.39, 0.29) is 5.69 Å². The van der Waals surface area contributed by atoms with E-state index in [9.17, 15) is 14.5 Å². The number of nitro benzene ring substituents is 1. The highest BCUT2D eigenvalue weighted by Gasteiger charge is 2.07. The molecule has 0 saturated heterocycles. The molecular weight excluding hydrogens is 149 g/mol. The second-order valence-electron chi connectivity index (χ2n) is 2.13. The summed E-state index contributed by atoms with van der Waals surface area (Å²) in [5.41, 5.74) is 0.190. The summed E-state index contributed by atoms with van der Waals surface area (Å²) in [5.74, 6) is -0.698. The van der Waals surface area contributed by atoms with Gasteiger partial charge in [0.25, 0.3) is 5.69 Å². The summed E-state index contributed by atoms with van der Waals surface area (Å²) in [6.45, 7) is 1.55. The first kappa shape index (κ1) is 7.65. The van der Waals surface area contributed by atoms with Gasteiger partial charge in [-0.1, -0.05) is 0 Å². The minimum Gasteiger partial charge on any atom is -0.258 e. The second kappa shape index (κ2) is 2.65. The minimum atomic E-state index is -0.698. The maximum atomic E-state index is 12.4. The van der Waals surface area contributed by atoms with Gasteiger partial charge in [-0.2, -0.15) is 0 Å². The summed E-state index contributed by atoms with van der Waals surface area (Å²) < 4.78 is 12.4. The summed E-state index contributed by atoms with van der Waals surface area (Å²) in [6.07, 6.45) is 0. The lowest BCUT2D eigenvalue weighted by atomic mass is 10.2. The Morgan fingerprint density at radius 1 is 1.64 bits per heavy atom. The Hall–Kier alpha value is -1.45. The average molecular weight is 154 g/mol. The first-order valence-corrected chi connectivity index (χ1v) is 2.93. The van der Waals surface area contributed by atoms with Gasteiger partial charge in [-0.25, -0.2) is 4.39 Å². The van der Waals surface area contributed by atoms with Gasteiger partial charge in [0.15, 0.2) is 0 Å². The standard InChI is InChI=1S/C7H5FNO2/c1-5-2-6(8)4-7(3-5)9(10)11/h3-4H,1H3. The third-order valence-corrected chi connectivity index (χ3v) is 1.17. The van der Waals surface area contributed by atoms with Crippen molar-refractivity contribution in [1.29, 1.82) is 0 Å². The topological polar surface area (TPSA) is 43.1 Å². The van der Waals surface area contributed by atoms with E-state index >= 15 is 0 Å². The highest BCUT2D eigenvalue weighted by atomic mass is 19.1. The molecule has 0 bridgehead atoms. The number of nitrogens with zero attached hydrogens (tertiary/aromatic N) is 1. The molecule has 1 radical (unpaired) electrons. The Labute approximate surface area is 62.6 Å². The van der Waals surface area contributed by atoms with Crippen molar-refractivity contribution in [1.82, 2.24) is 0 Å². The van der Waals surface area contributed by atoms with E-state index in [2.05, 4.69) is 6.07 Å². The molecule has 1 aromatic rings. The van der Waals surface area contributed by atoms with Crippen molar-refractivity contribution in [3.05, 3.63) is 39.7 Å². The number of hydrogen-bond donors (Lipinski definition) is 0. The smallest absolute Gasteiger partial charge is 0.258 e. The van der Waals surface area contributed by atoms with Gasteiger partial charge in [0, 0.05) is 12.1 Å². The molecule has 0 unspecified atom stereocenters. The fraction of sp³-hybridized carbons (Fsp3) is 0.143. The molecule has 0 aliphatic heterocycles. The third-order valence-electron chi connectivity index (χ3n) is 1.17. The molecule has 0 amide bonds. The quantitative estimate of drug-likeness (QED) is 0.457. The summed E-state index contributed by atoms with van der Waals surface area (Å²) in [6, 6.07) is 4.40. The molecule has 4 heteroatoms. The predicted octanol–water partition coefficient (Wildman–Crippen LogP) is 1.84. The summed E-state index contributed by atoms with van der Waals surface area (Å²) >= 11 is 0. The molecule has 57 valence electrons. The normalized spacial score (nSPS) is 9.64. The van der Waals surface area contributed by atoms with Crippen LogP contribution in [0.25, 0.3) is 0 Å². The van der Waals surface area contributed by atoms with Crippen molar-refractivity contribution < 1.29 is 9.31 Å². The highest BCUT2D eigenvalue weighted by molar-refractivity contribution is 5.33. The molecule has 3 nitrogen and oxygen atoms in total. The highest BCUT2D eigenvalue weighted by Crippen LogP contribution is 2.14. The Morgan fingerprint density at radius 2 is 2.27 bits per heavy atom. The van der Waals surface area contributed by atoms with Crippen LogP contribution in [-0.2, 0) is 0 Å². The Bertz CT molecular complexity index is 278. The van der Waals surface area contributed by atoms with Crippen molar-refractivity contribution in [2.75, 3.05) is 0 Å². The lowest BCUT2D eigenvalue weighted by Gasteiger charge is -1.92. The minimum absolute atomic E-state index is 0.237. The summed E-state index contributed by atoms with van der Waals surface area (Å²) in [4.78, 5) is 9.50. The molecule has 0 atom stereocenters. The van der Waals surface area contributed by atoms with Crippen LogP contribution in [0.5, 0.6) is 0 Å². The zero-order valence-electron chi connectivity index (χ0n) is 5.80. The molecule has 0 fully saturated rings. The second-order valence-corrected chi connectivity index (χ2v) is 2.13. The number of hydrogen-bond acceptors (Lipinski definition) is 2. The lowest BCUT2D eigenvalue weighted by Crippen LogP contribution is -1.89. The van der Waals surface area contributed by atoms with E-state index in [1.807, 2.05) is 0 Å². The molecular formula is C7H5FNO2. The Kier molecular flexibility index (Phi) is 1.85. The number of benzene rings is 1. The molecule has 1 rings (SSSR count). The van der Waals surface area contributed by atoms with Gasteiger partial charge in [0.2, 0.25) is 0 Å². The van der Waals surface area contributed by atoms with Gasteiger partial charge in [-0.3, -0.25) is 10.1 Å². The van der Waals surface area contributed by atoms with Gasteiger partial charge in [0.1, 0.15) is 5.82 Å². The van der Waals surface area contributed by atoms with Crippen molar-refractivity contribution in [2.45, 2.75) is 6.92 Å². The van der Waals surface area contributed by atoms with Crippen LogP contribution in [0.4, 0.5) is 10.1 Å². The van der Waals surface area contributed by atoms with Crippen LogP contribution in [0.1, 0.15) is 5.56 Å². The Balaban J connectivity index is 3.19. The molecule has 0 aliphatic carbocycles. The zero-order chi connectivity index (χ0) is 8.43. The zero-order valence-corrected chi connectivity index (χ0v) is 5.80. The van der Waals surface area contributed by atoms with Crippen LogP contribution in [-0.4, -0.2) is 4.92 Å². The van der Waals surface area contributed by atoms with Gasteiger partial charge < -0.3 is 0 Å². The molecule has 0 spiro atoms. The van der Waals surface area contributed by atoms with Crippen molar-refractivity contribution >= 4 is 5.69 Å². The number of nitro groups is 1. The fourth-order valence-corrected chi connectivity index (χ4v) is 0.759. The molecule has 1 aromatic carbocycles. The average Bonchev–Trinajstić information content (AvgIpc) is 1.85. The van der Waals surface area contributed by atoms with Gasteiger partial charge in [-0.15, -0.1) is 0 Å². The van der Waals surface area contributed by atoms with Crippen LogP contribution in [0.3, 0.4) is 0 Å². The molecule has 0 aromatic heterocycles. The van der Waals surface area contributed by atoms with E-state index in [0.717, 1.165) is 6.07 Å². The van der Waals surface area contributed by atoms with Gasteiger partial charge in [-0.05, 0) is 12.5 Å². The lowest BCUT2D eigenvalue weighted by molar-refractivity contribution is -0.385. The fourth-order valence-electron chi connectivity index (χ4n) is 0.759. The number of non-ortho nitro benzene ring substituents is 1. The first-order valence-electron chi connectivity index (χ1n) is 2.93. The van der Waals surface area contributed by atoms with E-state index in [0.29, 0.717) is 5.56 Å². The SMILES string of the molecule is Cc1[c]c(F)cc([N+](=O)[O-])c1. The van der Waals surface area contributed by atoms with Crippen LogP contribution >= 0.6 is 0 Å². The van der Waals surface area contributed by atoms with Crippen LogP contribution < -0.4 is 0 Å². The molecule has 0 saturated carbocycles. The summed E-state index contributed by atoms with van der Waals surface area (Å²) in [5, 5.41) is 10.1. The van der Waals surface area contributed by atoms with Crippen LogP contribution in [0.2, 0.25) is 0 Å². The summed E-state index contributed by atoms with van der Waals surface area (Å²) in [7, 11) is 0. The molecule has 11 heavy (non-hydrogen) atoms. The van der Waals surface area contributed by atoms with Crippen LogP contribution in [0.15, 0.2) is 12.1 Å². The molecule has 0 N–H and O–H groups in total. The monoisotopic (exact) mass is 154 g/mol. The van der Waals surface area contributed by atoms with Crippen molar-refractivity contribution in [3.63, 3.8) is 0 Å². The molecule has 0 aliphatic rings. The Morgan fingerprint density at radius 3 is 2.73 bits per heavy atom. The van der Waals surface area contributed by atoms with Gasteiger partial charge >= 0.3 is 0 Å². The van der Waals surface area contributed by atoms with E-state index < -0.39 is 10.7 Å². The third kappa shape index (κ3) is 1.73. The maximum Gasteiger partial charge on any atom is 0.272 e. The predicted molar refractivity (Wildman–Crippen MR) is 36.6 cm³/mol. The van der Waals surface area contributed by atoms with E-state index in [1.165, 1.54) is 6.07 Å². The molecule has 0 heterocycles.